The minimum Gasteiger partial charge on any atom is -0.298 e. The number of sulfone groups is 1. The Morgan fingerprint density at radius 1 is 1.30 bits per heavy atom. The van der Waals surface area contributed by atoms with Crippen molar-refractivity contribution in [1.82, 2.24) is 15.1 Å². The van der Waals surface area contributed by atoms with Gasteiger partial charge in [0.15, 0.2) is 9.84 Å². The molecule has 1 N–H and O–H groups in total. The summed E-state index contributed by atoms with van der Waals surface area (Å²) < 4.78 is 23.0. The number of benzene rings is 1. The number of hydrogen-bond acceptors (Lipinski definition) is 4. The second kappa shape index (κ2) is 6.45. The van der Waals surface area contributed by atoms with Crippen LogP contribution in [0.25, 0.3) is 0 Å². The van der Waals surface area contributed by atoms with Crippen molar-refractivity contribution < 1.29 is 8.42 Å². The molecule has 0 bridgehead atoms. The van der Waals surface area contributed by atoms with Crippen LogP contribution in [0.5, 0.6) is 0 Å². The van der Waals surface area contributed by atoms with Crippen molar-refractivity contribution in [3.63, 3.8) is 0 Å². The summed E-state index contributed by atoms with van der Waals surface area (Å²) >= 11 is 0. The standard InChI is InChI=1S/C17H23N3O2S/c1-13-10-18-19-17(13)15-4-3-9-20(12-15)11-14-5-7-16(8-6-14)23(2,21)22/h5-8,10,15H,3-4,9,11-12H2,1-2H3,(H,18,19)/t15-/m0/s1. The first-order valence-corrected chi connectivity index (χ1v) is 9.84. The maximum Gasteiger partial charge on any atom is 0.175 e. The van der Waals surface area contributed by atoms with Crippen LogP contribution in [0.1, 0.15) is 35.6 Å². The first-order chi connectivity index (χ1) is 10.9. The van der Waals surface area contributed by atoms with Gasteiger partial charge in [0.05, 0.1) is 11.1 Å². The van der Waals surface area contributed by atoms with Gasteiger partial charge in [-0.15, -0.1) is 0 Å². The third-order valence-corrected chi connectivity index (χ3v) is 5.67. The molecule has 0 amide bonds. The van der Waals surface area contributed by atoms with Gasteiger partial charge in [0.1, 0.15) is 0 Å². The minimum atomic E-state index is -3.12. The van der Waals surface area contributed by atoms with Crippen LogP contribution in [0.3, 0.4) is 0 Å². The van der Waals surface area contributed by atoms with Gasteiger partial charge >= 0.3 is 0 Å². The van der Waals surface area contributed by atoms with Crippen LogP contribution in [0, 0.1) is 6.92 Å². The smallest absolute Gasteiger partial charge is 0.175 e. The predicted molar refractivity (Wildman–Crippen MR) is 90.1 cm³/mol. The van der Waals surface area contributed by atoms with Gasteiger partial charge < -0.3 is 0 Å². The fourth-order valence-electron chi connectivity index (χ4n) is 3.30. The number of piperidine rings is 1. The van der Waals surface area contributed by atoms with Gasteiger partial charge in [0.25, 0.3) is 0 Å². The molecule has 0 unspecified atom stereocenters. The Labute approximate surface area is 137 Å². The van der Waals surface area contributed by atoms with E-state index in [1.807, 2.05) is 18.3 Å². The van der Waals surface area contributed by atoms with E-state index in [1.165, 1.54) is 30.4 Å². The highest BCUT2D eigenvalue weighted by atomic mass is 32.2. The van der Waals surface area contributed by atoms with Crippen LogP contribution in [0.4, 0.5) is 0 Å². The van der Waals surface area contributed by atoms with E-state index in [9.17, 15) is 8.42 Å². The van der Waals surface area contributed by atoms with Crippen LogP contribution in [-0.2, 0) is 16.4 Å². The molecule has 0 radical (unpaired) electrons. The normalized spacial score (nSPS) is 19.8. The lowest BCUT2D eigenvalue weighted by atomic mass is 9.92. The van der Waals surface area contributed by atoms with E-state index in [1.54, 1.807) is 12.1 Å². The Morgan fingerprint density at radius 3 is 2.65 bits per heavy atom. The molecule has 1 saturated heterocycles. The number of aromatic amines is 1. The zero-order valence-corrected chi connectivity index (χ0v) is 14.4. The molecule has 5 nitrogen and oxygen atoms in total. The van der Waals surface area contributed by atoms with Gasteiger partial charge in [-0.3, -0.25) is 10.00 Å². The number of nitrogens with one attached hydrogen (secondary N) is 1. The van der Waals surface area contributed by atoms with E-state index in [0.29, 0.717) is 10.8 Å². The molecule has 2 aromatic rings. The fraction of sp³-hybridized carbons (Fsp3) is 0.471. The SMILES string of the molecule is Cc1cn[nH]c1[C@H]1CCCN(Cc2ccc(S(C)(=O)=O)cc2)C1. The van der Waals surface area contributed by atoms with Crippen molar-refractivity contribution in [3.05, 3.63) is 47.3 Å². The Balaban J connectivity index is 1.67. The zero-order valence-electron chi connectivity index (χ0n) is 13.6. The summed E-state index contributed by atoms with van der Waals surface area (Å²) in [7, 11) is -3.12. The van der Waals surface area contributed by atoms with E-state index < -0.39 is 9.84 Å². The molecule has 1 aliphatic rings. The Hall–Kier alpha value is -1.66. The molecule has 0 saturated carbocycles. The van der Waals surface area contributed by atoms with Crippen molar-refractivity contribution in [2.75, 3.05) is 19.3 Å². The summed E-state index contributed by atoms with van der Waals surface area (Å²) in [5.74, 6) is 0.501. The van der Waals surface area contributed by atoms with Crippen molar-refractivity contribution in [3.8, 4) is 0 Å². The summed E-state index contributed by atoms with van der Waals surface area (Å²) in [6.07, 6.45) is 5.49. The average Bonchev–Trinajstić information content (AvgIpc) is 2.93. The van der Waals surface area contributed by atoms with Crippen LogP contribution < -0.4 is 0 Å². The summed E-state index contributed by atoms with van der Waals surface area (Å²) in [5, 5.41) is 7.28. The van der Waals surface area contributed by atoms with E-state index >= 15 is 0 Å². The summed E-state index contributed by atoms with van der Waals surface area (Å²) in [6, 6.07) is 7.24. The molecule has 6 heteroatoms. The summed E-state index contributed by atoms with van der Waals surface area (Å²) in [5.41, 5.74) is 3.64. The molecule has 2 heterocycles. The molecular weight excluding hydrogens is 310 g/mol. The topological polar surface area (TPSA) is 66.1 Å². The van der Waals surface area contributed by atoms with Crippen molar-refractivity contribution in [2.45, 2.75) is 37.1 Å². The molecule has 124 valence electrons. The Bertz CT molecular complexity index is 765. The second-order valence-corrected chi connectivity index (χ2v) is 8.47. The van der Waals surface area contributed by atoms with Gasteiger partial charge in [-0.1, -0.05) is 12.1 Å². The molecule has 0 aliphatic carbocycles. The molecule has 23 heavy (non-hydrogen) atoms. The number of rotatable bonds is 4. The molecule has 0 spiro atoms. The van der Waals surface area contributed by atoms with Crippen molar-refractivity contribution >= 4 is 9.84 Å². The monoisotopic (exact) mass is 333 g/mol. The number of aryl methyl sites for hydroxylation is 1. The lowest BCUT2D eigenvalue weighted by molar-refractivity contribution is 0.198. The van der Waals surface area contributed by atoms with Gasteiger partial charge in [-0.25, -0.2) is 8.42 Å². The molecular formula is C17H23N3O2S. The molecule has 1 aromatic heterocycles. The first-order valence-electron chi connectivity index (χ1n) is 7.94. The lowest BCUT2D eigenvalue weighted by Gasteiger charge is -2.32. The van der Waals surface area contributed by atoms with Crippen LogP contribution >= 0.6 is 0 Å². The summed E-state index contributed by atoms with van der Waals surface area (Å²) in [6.45, 7) is 5.05. The highest BCUT2D eigenvalue weighted by molar-refractivity contribution is 7.90. The Kier molecular flexibility index (Phi) is 4.55. The van der Waals surface area contributed by atoms with Gasteiger partial charge in [0, 0.05) is 31.0 Å². The third kappa shape index (κ3) is 3.82. The number of H-pyrrole nitrogens is 1. The average molecular weight is 333 g/mol. The molecule has 1 aliphatic heterocycles. The zero-order chi connectivity index (χ0) is 16.4. The highest BCUT2D eigenvalue weighted by Gasteiger charge is 2.23. The maximum atomic E-state index is 11.5. The third-order valence-electron chi connectivity index (χ3n) is 4.54. The van der Waals surface area contributed by atoms with Gasteiger partial charge in [-0.2, -0.15) is 5.10 Å². The van der Waals surface area contributed by atoms with E-state index in [0.717, 1.165) is 25.2 Å². The predicted octanol–water partition coefficient (Wildman–Crippen LogP) is 2.50. The number of nitrogens with zero attached hydrogens (tertiary/aromatic N) is 2. The number of hydrogen-bond donors (Lipinski definition) is 1. The first kappa shape index (κ1) is 16.2. The lowest BCUT2D eigenvalue weighted by Crippen LogP contribution is -2.34. The largest absolute Gasteiger partial charge is 0.298 e. The number of aromatic nitrogens is 2. The summed E-state index contributed by atoms with van der Waals surface area (Å²) in [4.78, 5) is 2.81. The second-order valence-electron chi connectivity index (χ2n) is 6.46. The molecule has 1 aromatic carbocycles. The van der Waals surface area contributed by atoms with Crippen molar-refractivity contribution in [2.24, 2.45) is 0 Å². The molecule has 3 rings (SSSR count). The minimum absolute atomic E-state index is 0.380. The van der Waals surface area contributed by atoms with Gasteiger partial charge in [0.2, 0.25) is 0 Å². The number of likely N-dealkylation sites (tertiary alicyclic amines) is 1. The highest BCUT2D eigenvalue weighted by Crippen LogP contribution is 2.28. The van der Waals surface area contributed by atoms with E-state index in [-0.39, 0.29) is 0 Å². The van der Waals surface area contributed by atoms with Crippen LogP contribution in [0.15, 0.2) is 35.4 Å². The van der Waals surface area contributed by atoms with Crippen LogP contribution in [0.2, 0.25) is 0 Å². The van der Waals surface area contributed by atoms with Crippen molar-refractivity contribution in [1.29, 1.82) is 0 Å². The van der Waals surface area contributed by atoms with E-state index in [4.69, 9.17) is 0 Å². The molecule has 1 fully saturated rings. The fourth-order valence-corrected chi connectivity index (χ4v) is 3.94. The molecule has 1 atom stereocenters. The Morgan fingerprint density at radius 2 is 2.04 bits per heavy atom. The quantitative estimate of drug-likeness (QED) is 0.933. The van der Waals surface area contributed by atoms with Gasteiger partial charge in [-0.05, 0) is 49.6 Å². The van der Waals surface area contributed by atoms with Crippen LogP contribution in [-0.4, -0.2) is 42.9 Å². The van der Waals surface area contributed by atoms with E-state index in [2.05, 4.69) is 22.0 Å². The maximum absolute atomic E-state index is 11.5.